The van der Waals surface area contributed by atoms with Crippen LogP contribution in [0.5, 0.6) is 5.75 Å². The molecule has 0 aromatic heterocycles. The lowest BCUT2D eigenvalue weighted by molar-refractivity contribution is 0.144. The average molecular weight is 314 g/mol. The molecule has 0 aliphatic carbocycles. The highest BCUT2D eigenvalue weighted by Gasteiger charge is 2.28. The van der Waals surface area contributed by atoms with E-state index in [0.29, 0.717) is 30.8 Å². The number of para-hydroxylation sites is 1. The molecule has 4 nitrogen and oxygen atoms in total. The van der Waals surface area contributed by atoms with Crippen molar-refractivity contribution in [2.75, 3.05) is 13.2 Å². The van der Waals surface area contributed by atoms with Crippen LogP contribution in [0.25, 0.3) is 0 Å². The largest absolute Gasteiger partial charge is 0.530 e. The van der Waals surface area contributed by atoms with Crippen LogP contribution in [0, 0.1) is 11.8 Å². The number of benzene rings is 1. The molecule has 0 amide bonds. The van der Waals surface area contributed by atoms with E-state index in [-0.39, 0.29) is 0 Å². The normalized spacial score (nSPS) is 12.1. The van der Waals surface area contributed by atoms with Crippen LogP contribution < -0.4 is 4.52 Å². The van der Waals surface area contributed by atoms with E-state index in [1.54, 1.807) is 12.1 Å². The Hall–Kier alpha value is -0.830. The van der Waals surface area contributed by atoms with E-state index in [0.717, 1.165) is 12.8 Å². The summed E-state index contributed by atoms with van der Waals surface area (Å²) < 4.78 is 29.0. The lowest BCUT2D eigenvalue weighted by Crippen LogP contribution is -2.07. The number of rotatable bonds is 10. The Kier molecular flexibility index (Phi) is 8.02. The summed E-state index contributed by atoms with van der Waals surface area (Å²) in [7, 11) is -3.55. The van der Waals surface area contributed by atoms with Crippen molar-refractivity contribution in [1.82, 2.24) is 0 Å². The van der Waals surface area contributed by atoms with Gasteiger partial charge in [-0.3, -0.25) is 9.05 Å². The minimum Gasteiger partial charge on any atom is -0.404 e. The molecule has 0 aliphatic heterocycles. The van der Waals surface area contributed by atoms with Crippen molar-refractivity contribution in [3.63, 3.8) is 0 Å². The minimum absolute atomic E-state index is 0.365. The molecule has 0 saturated carbocycles. The lowest BCUT2D eigenvalue weighted by Gasteiger charge is -2.19. The quantitative estimate of drug-likeness (QED) is 0.550. The Labute approximate surface area is 128 Å². The zero-order valence-electron chi connectivity index (χ0n) is 13.5. The van der Waals surface area contributed by atoms with Crippen molar-refractivity contribution < 1.29 is 18.1 Å². The van der Waals surface area contributed by atoms with E-state index in [1.807, 2.05) is 18.2 Å². The van der Waals surface area contributed by atoms with Crippen LogP contribution in [-0.2, 0) is 13.6 Å². The van der Waals surface area contributed by atoms with Gasteiger partial charge in [-0.1, -0.05) is 45.9 Å². The summed E-state index contributed by atoms with van der Waals surface area (Å²) in [5, 5.41) is 0. The molecule has 0 unspecified atom stereocenters. The van der Waals surface area contributed by atoms with Crippen molar-refractivity contribution in [3.8, 4) is 5.75 Å². The molecule has 0 atom stereocenters. The summed E-state index contributed by atoms with van der Waals surface area (Å²) in [5.74, 6) is 1.45. The first-order valence-corrected chi connectivity index (χ1v) is 9.01. The van der Waals surface area contributed by atoms with E-state index in [9.17, 15) is 4.57 Å². The van der Waals surface area contributed by atoms with Crippen molar-refractivity contribution >= 4 is 7.82 Å². The highest BCUT2D eigenvalue weighted by molar-refractivity contribution is 7.48. The third-order valence-corrected chi connectivity index (χ3v) is 4.28. The Morgan fingerprint density at radius 1 is 0.905 bits per heavy atom. The fraction of sp³-hybridized carbons (Fsp3) is 0.625. The first-order valence-electron chi connectivity index (χ1n) is 7.55. The van der Waals surface area contributed by atoms with Crippen LogP contribution in [0.4, 0.5) is 0 Å². The zero-order valence-corrected chi connectivity index (χ0v) is 14.3. The second-order valence-electron chi connectivity index (χ2n) is 5.88. The topological polar surface area (TPSA) is 44.8 Å². The Bertz CT molecular complexity index is 413. The molecule has 21 heavy (non-hydrogen) atoms. The van der Waals surface area contributed by atoms with E-state index < -0.39 is 7.82 Å². The van der Waals surface area contributed by atoms with E-state index in [4.69, 9.17) is 13.6 Å². The van der Waals surface area contributed by atoms with Crippen LogP contribution in [0.1, 0.15) is 40.5 Å². The van der Waals surface area contributed by atoms with Gasteiger partial charge in [-0.2, -0.15) is 0 Å². The molecule has 0 saturated heterocycles. The summed E-state index contributed by atoms with van der Waals surface area (Å²) in [6, 6.07) is 9.00. The number of phosphoric ester groups is 1. The Balaban J connectivity index is 2.61. The average Bonchev–Trinajstić information content (AvgIpc) is 2.38. The summed E-state index contributed by atoms with van der Waals surface area (Å²) in [4.78, 5) is 0. The van der Waals surface area contributed by atoms with E-state index in [2.05, 4.69) is 27.7 Å². The Morgan fingerprint density at radius 3 is 1.81 bits per heavy atom. The second kappa shape index (κ2) is 9.24. The fourth-order valence-electron chi connectivity index (χ4n) is 1.50. The van der Waals surface area contributed by atoms with Crippen molar-refractivity contribution in [2.45, 2.75) is 40.5 Å². The molecule has 5 heteroatoms. The lowest BCUT2D eigenvalue weighted by atomic mass is 10.2. The summed E-state index contributed by atoms with van der Waals surface area (Å²) in [5.41, 5.74) is 0. The molecular weight excluding hydrogens is 287 g/mol. The van der Waals surface area contributed by atoms with Crippen LogP contribution in [0.15, 0.2) is 30.3 Å². The summed E-state index contributed by atoms with van der Waals surface area (Å²) in [6.07, 6.45) is 1.63. The smallest absolute Gasteiger partial charge is 0.404 e. The van der Waals surface area contributed by atoms with Gasteiger partial charge in [0.1, 0.15) is 5.75 Å². The number of hydrogen-bond donors (Lipinski definition) is 0. The van der Waals surface area contributed by atoms with Crippen LogP contribution in [0.3, 0.4) is 0 Å². The van der Waals surface area contributed by atoms with Crippen molar-refractivity contribution in [2.24, 2.45) is 11.8 Å². The highest BCUT2D eigenvalue weighted by atomic mass is 31.2. The molecule has 1 aromatic carbocycles. The van der Waals surface area contributed by atoms with Gasteiger partial charge in [-0.15, -0.1) is 0 Å². The van der Waals surface area contributed by atoms with Crippen molar-refractivity contribution in [3.05, 3.63) is 30.3 Å². The van der Waals surface area contributed by atoms with Crippen molar-refractivity contribution in [1.29, 1.82) is 0 Å². The Morgan fingerprint density at radius 2 is 1.38 bits per heavy atom. The van der Waals surface area contributed by atoms with Gasteiger partial charge in [-0.25, -0.2) is 4.57 Å². The fourth-order valence-corrected chi connectivity index (χ4v) is 2.72. The summed E-state index contributed by atoms with van der Waals surface area (Å²) >= 11 is 0. The maximum absolute atomic E-state index is 12.7. The predicted molar refractivity (Wildman–Crippen MR) is 85.5 cm³/mol. The molecule has 0 heterocycles. The first-order chi connectivity index (χ1) is 9.91. The standard InChI is InChI=1S/C16H27O4P/c1-14(2)10-12-18-21(17,19-13-11-15(3)4)20-16-8-6-5-7-9-16/h5-9,14-15H,10-13H2,1-4H3. The highest BCUT2D eigenvalue weighted by Crippen LogP contribution is 2.49. The maximum Gasteiger partial charge on any atom is 0.530 e. The van der Waals surface area contributed by atoms with Gasteiger partial charge < -0.3 is 4.52 Å². The van der Waals surface area contributed by atoms with Gasteiger partial charge in [0, 0.05) is 0 Å². The molecule has 0 radical (unpaired) electrons. The van der Waals surface area contributed by atoms with Crippen LogP contribution >= 0.6 is 7.82 Å². The molecule has 0 spiro atoms. The molecule has 1 rings (SSSR count). The van der Waals surface area contributed by atoms with Gasteiger partial charge in [0.2, 0.25) is 0 Å². The second-order valence-corrected chi connectivity index (χ2v) is 7.48. The first kappa shape index (κ1) is 18.2. The zero-order chi connectivity index (χ0) is 15.7. The minimum atomic E-state index is -3.55. The van der Waals surface area contributed by atoms with Gasteiger partial charge in [-0.05, 0) is 36.8 Å². The van der Waals surface area contributed by atoms with Crippen LogP contribution in [0.2, 0.25) is 0 Å². The van der Waals surface area contributed by atoms with Gasteiger partial charge in [0.05, 0.1) is 13.2 Å². The van der Waals surface area contributed by atoms with Gasteiger partial charge in [0.25, 0.3) is 0 Å². The molecular formula is C16H27O4P. The third kappa shape index (κ3) is 8.25. The molecule has 0 bridgehead atoms. The molecule has 1 aromatic rings. The monoisotopic (exact) mass is 314 g/mol. The predicted octanol–water partition coefficient (Wildman–Crippen LogP) is 5.30. The SMILES string of the molecule is CC(C)CCOP(=O)(OCCC(C)C)Oc1ccccc1. The number of phosphoric acid groups is 1. The number of hydrogen-bond acceptors (Lipinski definition) is 4. The van der Waals surface area contributed by atoms with E-state index >= 15 is 0 Å². The van der Waals surface area contributed by atoms with E-state index in [1.165, 1.54) is 0 Å². The molecule has 0 N–H and O–H groups in total. The third-order valence-electron chi connectivity index (χ3n) is 2.85. The summed E-state index contributed by atoms with van der Waals surface area (Å²) in [6.45, 7) is 9.09. The van der Waals surface area contributed by atoms with Gasteiger partial charge >= 0.3 is 7.82 Å². The molecule has 0 fully saturated rings. The molecule has 120 valence electrons. The van der Waals surface area contributed by atoms with Gasteiger partial charge in [0.15, 0.2) is 0 Å². The maximum atomic E-state index is 12.7. The molecule has 0 aliphatic rings. The van der Waals surface area contributed by atoms with Crippen LogP contribution in [-0.4, -0.2) is 13.2 Å².